The van der Waals surface area contributed by atoms with Gasteiger partial charge in [-0.1, -0.05) is 6.92 Å². The smallest absolute Gasteiger partial charge is 0.205 e. The summed E-state index contributed by atoms with van der Waals surface area (Å²) in [4.78, 5) is 14.2. The van der Waals surface area contributed by atoms with E-state index >= 15 is 0 Å². The molecule has 0 bridgehead atoms. The molecule has 1 aliphatic heterocycles. The fraction of sp³-hybridized carbons (Fsp3) is 0.421. The average Bonchev–Trinajstić information content (AvgIpc) is 3.04. The number of ether oxygens (including phenoxy) is 1. The van der Waals surface area contributed by atoms with Gasteiger partial charge in [-0.25, -0.2) is 9.97 Å². The summed E-state index contributed by atoms with van der Waals surface area (Å²) in [7, 11) is 1.69. The first-order chi connectivity index (χ1) is 12.8. The molecule has 3 heterocycles. The number of methoxy groups -OCH3 is 1. The van der Waals surface area contributed by atoms with Gasteiger partial charge in [0.25, 0.3) is 0 Å². The largest absolute Gasteiger partial charge is 0.497 e. The van der Waals surface area contributed by atoms with Crippen LogP contribution >= 0.6 is 11.5 Å². The monoisotopic (exact) mass is 369 g/mol. The minimum Gasteiger partial charge on any atom is -0.497 e. The molecule has 0 unspecified atom stereocenters. The van der Waals surface area contributed by atoms with Crippen molar-refractivity contribution in [3.05, 3.63) is 36.2 Å². The lowest BCUT2D eigenvalue weighted by atomic mass is 10.2. The third-order valence-corrected chi connectivity index (χ3v) is 5.56. The molecule has 3 aromatic rings. The molecule has 1 fully saturated rings. The quantitative estimate of drug-likeness (QED) is 0.703. The maximum atomic E-state index is 5.30. The van der Waals surface area contributed by atoms with E-state index in [0.717, 1.165) is 72.4 Å². The van der Waals surface area contributed by atoms with Gasteiger partial charge in [-0.15, -0.1) is 0 Å². The van der Waals surface area contributed by atoms with Crippen LogP contribution in [0.5, 0.6) is 5.75 Å². The zero-order chi connectivity index (χ0) is 17.9. The zero-order valence-corrected chi connectivity index (χ0v) is 16.0. The molecule has 1 saturated heterocycles. The number of benzene rings is 1. The van der Waals surface area contributed by atoms with E-state index in [4.69, 9.17) is 9.72 Å². The summed E-state index contributed by atoms with van der Waals surface area (Å²) in [6.07, 6.45) is 1.98. The molecule has 26 heavy (non-hydrogen) atoms. The Morgan fingerprint density at radius 1 is 1.04 bits per heavy atom. The van der Waals surface area contributed by atoms with Crippen molar-refractivity contribution in [3.8, 4) is 5.75 Å². The minimum absolute atomic E-state index is 0.862. The molecule has 6 nitrogen and oxygen atoms in total. The van der Waals surface area contributed by atoms with Crippen LogP contribution in [-0.4, -0.2) is 47.6 Å². The summed E-state index contributed by atoms with van der Waals surface area (Å²) < 4.78 is 9.71. The second kappa shape index (κ2) is 7.45. The van der Waals surface area contributed by atoms with E-state index in [1.807, 2.05) is 18.2 Å². The van der Waals surface area contributed by atoms with Crippen LogP contribution in [0.15, 0.2) is 30.3 Å². The lowest BCUT2D eigenvalue weighted by Crippen LogP contribution is -2.31. The molecule has 2 aromatic heterocycles. The van der Waals surface area contributed by atoms with Crippen LogP contribution in [0.3, 0.4) is 0 Å². The van der Waals surface area contributed by atoms with E-state index in [-0.39, 0.29) is 0 Å². The fourth-order valence-electron chi connectivity index (χ4n) is 3.25. The maximum Gasteiger partial charge on any atom is 0.205 e. The van der Waals surface area contributed by atoms with Crippen LogP contribution in [0, 0.1) is 0 Å². The first kappa shape index (κ1) is 17.0. The molecular formula is C19H23N5OS. The Labute approximate surface area is 157 Å². The lowest BCUT2D eigenvalue weighted by Gasteiger charge is -2.22. The van der Waals surface area contributed by atoms with Gasteiger partial charge in [0.15, 0.2) is 0 Å². The van der Waals surface area contributed by atoms with Gasteiger partial charge in [0.2, 0.25) is 5.13 Å². The third kappa shape index (κ3) is 3.44. The molecule has 0 saturated carbocycles. The molecule has 4 rings (SSSR count). The number of aromatic nitrogens is 3. The molecule has 0 radical (unpaired) electrons. The van der Waals surface area contributed by atoms with Crippen LogP contribution in [0.4, 0.5) is 10.9 Å². The van der Waals surface area contributed by atoms with Crippen molar-refractivity contribution in [2.75, 3.05) is 43.1 Å². The van der Waals surface area contributed by atoms with Gasteiger partial charge < -0.3 is 14.5 Å². The summed E-state index contributed by atoms with van der Waals surface area (Å²) in [5, 5.41) is 2.15. The van der Waals surface area contributed by atoms with Gasteiger partial charge in [0.1, 0.15) is 17.4 Å². The Balaban J connectivity index is 1.50. The number of fused-ring (bicyclic) bond motifs is 1. The van der Waals surface area contributed by atoms with Gasteiger partial charge >= 0.3 is 0 Å². The second-order valence-electron chi connectivity index (χ2n) is 6.40. The predicted molar refractivity (Wildman–Crippen MR) is 107 cm³/mol. The molecule has 0 aliphatic carbocycles. The number of rotatable bonds is 4. The Bertz CT molecular complexity index is 897. The van der Waals surface area contributed by atoms with E-state index < -0.39 is 0 Å². The summed E-state index contributed by atoms with van der Waals surface area (Å²) in [5.74, 6) is 2.84. The van der Waals surface area contributed by atoms with Crippen molar-refractivity contribution in [2.24, 2.45) is 0 Å². The lowest BCUT2D eigenvalue weighted by molar-refractivity contribution is 0.415. The SMILES string of the molecule is CCc1nsc(N2CCCN(c3ccc4cc(OC)ccc4n3)CC2)n1. The van der Waals surface area contributed by atoms with Crippen molar-refractivity contribution in [3.63, 3.8) is 0 Å². The Morgan fingerprint density at radius 2 is 1.88 bits per heavy atom. The highest BCUT2D eigenvalue weighted by molar-refractivity contribution is 7.09. The molecule has 136 valence electrons. The van der Waals surface area contributed by atoms with E-state index in [9.17, 15) is 0 Å². The van der Waals surface area contributed by atoms with Gasteiger partial charge in [-0.2, -0.15) is 4.37 Å². The molecule has 0 atom stereocenters. The molecular weight excluding hydrogens is 346 g/mol. The second-order valence-corrected chi connectivity index (χ2v) is 7.13. The highest BCUT2D eigenvalue weighted by Gasteiger charge is 2.19. The van der Waals surface area contributed by atoms with Gasteiger partial charge in [-0.3, -0.25) is 0 Å². The van der Waals surface area contributed by atoms with Crippen LogP contribution < -0.4 is 14.5 Å². The fourth-order valence-corrected chi connectivity index (χ4v) is 4.05. The van der Waals surface area contributed by atoms with Crippen molar-refractivity contribution in [1.82, 2.24) is 14.3 Å². The van der Waals surface area contributed by atoms with E-state index in [1.165, 1.54) is 11.5 Å². The highest BCUT2D eigenvalue weighted by Crippen LogP contribution is 2.24. The molecule has 7 heteroatoms. The number of nitrogens with zero attached hydrogens (tertiary/aromatic N) is 5. The minimum atomic E-state index is 0.862. The summed E-state index contributed by atoms with van der Waals surface area (Å²) >= 11 is 1.51. The average molecular weight is 369 g/mol. The maximum absolute atomic E-state index is 5.30. The summed E-state index contributed by atoms with van der Waals surface area (Å²) in [6.45, 7) is 6.00. The van der Waals surface area contributed by atoms with Crippen molar-refractivity contribution < 1.29 is 4.74 Å². The number of pyridine rings is 1. The van der Waals surface area contributed by atoms with E-state index in [1.54, 1.807) is 7.11 Å². The Kier molecular flexibility index (Phi) is 4.88. The van der Waals surface area contributed by atoms with E-state index in [2.05, 4.69) is 38.2 Å². The Morgan fingerprint density at radius 3 is 2.69 bits per heavy atom. The third-order valence-electron chi connectivity index (χ3n) is 4.75. The number of aryl methyl sites for hydroxylation is 1. The highest BCUT2D eigenvalue weighted by atomic mass is 32.1. The van der Waals surface area contributed by atoms with Crippen molar-refractivity contribution in [2.45, 2.75) is 19.8 Å². The predicted octanol–water partition coefficient (Wildman–Crippen LogP) is 3.37. The summed E-state index contributed by atoms with van der Waals surface area (Å²) in [6, 6.07) is 10.2. The topological polar surface area (TPSA) is 54.4 Å². The standard InChI is InChI=1S/C19H23N5OS/c1-3-17-21-19(26-22-17)24-10-4-9-23(11-12-24)18-8-5-14-13-15(25-2)6-7-16(14)20-18/h5-8,13H,3-4,9-12H2,1-2H3. The molecule has 1 aromatic carbocycles. The van der Waals surface area contributed by atoms with Gasteiger partial charge in [0, 0.05) is 49.5 Å². The van der Waals surface area contributed by atoms with Crippen LogP contribution in [0.25, 0.3) is 10.9 Å². The molecule has 1 aliphatic rings. The first-order valence-corrected chi connectivity index (χ1v) is 9.81. The van der Waals surface area contributed by atoms with Crippen LogP contribution in [0.2, 0.25) is 0 Å². The van der Waals surface area contributed by atoms with Crippen molar-refractivity contribution in [1.29, 1.82) is 0 Å². The van der Waals surface area contributed by atoms with E-state index in [0.29, 0.717) is 0 Å². The Hall–Kier alpha value is -2.41. The van der Waals surface area contributed by atoms with Gasteiger partial charge in [0.05, 0.1) is 12.6 Å². The normalized spacial score (nSPS) is 15.3. The number of hydrogen-bond donors (Lipinski definition) is 0. The zero-order valence-electron chi connectivity index (χ0n) is 15.2. The molecule has 0 amide bonds. The van der Waals surface area contributed by atoms with Crippen LogP contribution in [-0.2, 0) is 6.42 Å². The number of hydrogen-bond acceptors (Lipinski definition) is 7. The molecule has 0 N–H and O–H groups in total. The van der Waals surface area contributed by atoms with Gasteiger partial charge in [-0.05, 0) is 36.8 Å². The first-order valence-electron chi connectivity index (χ1n) is 9.04. The summed E-state index contributed by atoms with van der Waals surface area (Å²) in [5.41, 5.74) is 1.00. The molecule has 0 spiro atoms. The van der Waals surface area contributed by atoms with Crippen LogP contribution in [0.1, 0.15) is 19.2 Å². The van der Waals surface area contributed by atoms with Crippen molar-refractivity contribution >= 4 is 33.4 Å². The number of anilines is 2.